The maximum absolute atomic E-state index is 13.2. The average Bonchev–Trinajstić information content (AvgIpc) is 1.96. The molecule has 1 rings (SSSR count). The zero-order valence-corrected chi connectivity index (χ0v) is 7.25. The van der Waals surface area contributed by atoms with Gasteiger partial charge in [-0.15, -0.1) is 0 Å². The summed E-state index contributed by atoms with van der Waals surface area (Å²) >= 11 is 4.75. The molecule has 9 heavy (non-hydrogen) atoms. The number of likely N-dealkylation sites (N-methyl/N-ethyl adjacent to an activating group) is 2. The van der Waals surface area contributed by atoms with Crippen LogP contribution < -0.4 is 0 Å². The molecule has 54 valence electrons. The third kappa shape index (κ3) is 1.17. The van der Waals surface area contributed by atoms with Gasteiger partial charge < -0.3 is 0 Å². The Bertz CT molecular complexity index is 149. The number of rotatable bonds is 0. The van der Waals surface area contributed by atoms with Gasteiger partial charge in [-0.05, 0) is 25.9 Å². The van der Waals surface area contributed by atoms with Crippen molar-refractivity contribution in [2.24, 2.45) is 0 Å². The summed E-state index contributed by atoms with van der Waals surface area (Å²) in [6, 6.07) is 0. The normalized spacial score (nSPS) is 29.2. The molecule has 0 unspecified atom stereocenters. The number of halogens is 1. The molecule has 1 aliphatic heterocycles. The smallest absolute Gasteiger partial charge is 0.240 e. The van der Waals surface area contributed by atoms with Crippen LogP contribution in [0.25, 0.3) is 0 Å². The molecular weight excluding hydrogens is 158 g/mol. The minimum Gasteiger partial charge on any atom is -0.240 e. The van der Waals surface area contributed by atoms with E-state index in [2.05, 4.69) is 0 Å². The van der Waals surface area contributed by atoms with Crippen molar-refractivity contribution in [3.05, 3.63) is 0 Å². The Morgan fingerprint density at radius 3 is 1.78 bits per heavy atom. The Hall–Kier alpha value is 0.500. The molecule has 1 saturated heterocycles. The molecule has 5 heteroatoms. The van der Waals surface area contributed by atoms with E-state index >= 15 is 0 Å². The maximum Gasteiger partial charge on any atom is 0.245 e. The highest BCUT2D eigenvalue weighted by atomic mass is 32.5. The molecule has 1 aliphatic rings. The molecule has 1 fully saturated rings. The molecule has 0 aliphatic carbocycles. The average molecular weight is 168 g/mol. The third-order valence-corrected chi connectivity index (χ3v) is 5.35. The third-order valence-electron chi connectivity index (χ3n) is 1.59. The Morgan fingerprint density at radius 2 is 1.67 bits per heavy atom. The van der Waals surface area contributed by atoms with Crippen molar-refractivity contribution in [3.8, 4) is 0 Å². The fraction of sp³-hybridized carbons (Fsp3) is 1.00. The van der Waals surface area contributed by atoms with Gasteiger partial charge in [0, 0.05) is 13.1 Å². The van der Waals surface area contributed by atoms with E-state index in [0.717, 1.165) is 13.1 Å². The van der Waals surface area contributed by atoms with Crippen molar-refractivity contribution in [1.29, 1.82) is 0 Å². The van der Waals surface area contributed by atoms with Gasteiger partial charge in [0.2, 0.25) is 6.65 Å². The minimum atomic E-state index is -2.73. The van der Waals surface area contributed by atoms with Crippen LogP contribution in [0.15, 0.2) is 0 Å². The molecule has 2 nitrogen and oxygen atoms in total. The van der Waals surface area contributed by atoms with E-state index in [4.69, 9.17) is 11.8 Å². The van der Waals surface area contributed by atoms with Crippen LogP contribution in [0.3, 0.4) is 0 Å². The van der Waals surface area contributed by atoms with Crippen molar-refractivity contribution in [2.75, 3.05) is 27.2 Å². The first-order valence-corrected chi connectivity index (χ1v) is 5.38. The van der Waals surface area contributed by atoms with E-state index in [-0.39, 0.29) is 0 Å². The van der Waals surface area contributed by atoms with Gasteiger partial charge in [0.15, 0.2) is 0 Å². The summed E-state index contributed by atoms with van der Waals surface area (Å²) in [6.45, 7) is -1.19. The number of hydrogen-bond acceptors (Lipinski definition) is 1. The summed E-state index contributed by atoms with van der Waals surface area (Å²) in [5, 5.41) is 0. The second kappa shape index (κ2) is 2.27. The zero-order valence-electron chi connectivity index (χ0n) is 5.54. The van der Waals surface area contributed by atoms with E-state index in [0.29, 0.717) is 0 Å². The second-order valence-corrected chi connectivity index (χ2v) is 5.94. The van der Waals surface area contributed by atoms with Crippen LogP contribution >= 0.6 is 6.65 Å². The summed E-state index contributed by atoms with van der Waals surface area (Å²) in [7, 11) is 3.48. The van der Waals surface area contributed by atoms with Gasteiger partial charge >= 0.3 is 0 Å². The molecule has 0 bridgehead atoms. The van der Waals surface area contributed by atoms with E-state index in [9.17, 15) is 4.20 Å². The lowest BCUT2D eigenvalue weighted by Gasteiger charge is -2.19. The van der Waals surface area contributed by atoms with Crippen molar-refractivity contribution in [2.45, 2.75) is 0 Å². The molecule has 0 N–H and O–H groups in total. The molecule has 1 heterocycles. The minimum absolute atomic E-state index is 0.768. The predicted molar refractivity (Wildman–Crippen MR) is 40.7 cm³/mol. The summed E-state index contributed by atoms with van der Waals surface area (Å²) in [5.74, 6) is 0. The van der Waals surface area contributed by atoms with E-state index in [1.807, 2.05) is 0 Å². The SMILES string of the molecule is CN1CCN(C)P1(F)=S. The molecule has 0 radical (unpaired) electrons. The molecule has 0 saturated carbocycles. The van der Waals surface area contributed by atoms with Crippen molar-refractivity contribution in [1.82, 2.24) is 9.34 Å². The van der Waals surface area contributed by atoms with Crippen molar-refractivity contribution >= 4 is 18.5 Å². The Labute approximate surface area is 59.9 Å². The first kappa shape index (κ1) is 7.61. The zero-order chi connectivity index (χ0) is 7.07. The standard InChI is InChI=1S/C4H10FN2PS/c1-6-3-4-7(2)8(6,5)9/h3-4H2,1-2H3. The van der Waals surface area contributed by atoms with Crippen LogP contribution in [0.1, 0.15) is 0 Å². The first-order chi connectivity index (χ1) is 4.05. The lowest BCUT2D eigenvalue weighted by atomic mass is 10.6. The number of hydrogen-bond donors (Lipinski definition) is 0. The molecule has 0 atom stereocenters. The van der Waals surface area contributed by atoms with Crippen molar-refractivity contribution < 1.29 is 4.20 Å². The lowest BCUT2D eigenvalue weighted by Crippen LogP contribution is -2.07. The monoisotopic (exact) mass is 168 g/mol. The summed E-state index contributed by atoms with van der Waals surface area (Å²) in [6.07, 6.45) is 0. The highest BCUT2D eigenvalue weighted by Crippen LogP contribution is 2.56. The van der Waals surface area contributed by atoms with Gasteiger partial charge in [0.05, 0.1) is 0 Å². The van der Waals surface area contributed by atoms with Crippen molar-refractivity contribution in [3.63, 3.8) is 0 Å². The predicted octanol–water partition coefficient (Wildman–Crippen LogP) is 1.06. The van der Waals surface area contributed by atoms with Crippen LogP contribution in [0.2, 0.25) is 0 Å². The number of nitrogens with zero attached hydrogens (tertiary/aromatic N) is 2. The topological polar surface area (TPSA) is 6.48 Å². The van der Waals surface area contributed by atoms with Crippen LogP contribution in [-0.4, -0.2) is 36.5 Å². The van der Waals surface area contributed by atoms with E-state index < -0.39 is 6.65 Å². The first-order valence-electron chi connectivity index (χ1n) is 2.78. The molecule has 0 aromatic rings. The molecule has 0 aromatic heterocycles. The maximum atomic E-state index is 13.2. The largest absolute Gasteiger partial charge is 0.245 e. The van der Waals surface area contributed by atoms with Gasteiger partial charge in [0.25, 0.3) is 0 Å². The van der Waals surface area contributed by atoms with Gasteiger partial charge in [0.1, 0.15) is 0 Å². The molecule has 0 amide bonds. The fourth-order valence-electron chi connectivity index (χ4n) is 0.797. The van der Waals surface area contributed by atoms with Gasteiger partial charge in [-0.1, -0.05) is 0 Å². The van der Waals surface area contributed by atoms with E-state index in [1.165, 1.54) is 0 Å². The van der Waals surface area contributed by atoms with Gasteiger partial charge in [-0.2, -0.15) is 4.20 Å². The van der Waals surface area contributed by atoms with Crippen LogP contribution in [0.4, 0.5) is 4.20 Å². The van der Waals surface area contributed by atoms with Crippen LogP contribution in [-0.2, 0) is 11.8 Å². The second-order valence-electron chi connectivity index (χ2n) is 2.24. The van der Waals surface area contributed by atoms with Crippen LogP contribution in [0, 0.1) is 0 Å². The van der Waals surface area contributed by atoms with Gasteiger partial charge in [-0.25, -0.2) is 9.34 Å². The van der Waals surface area contributed by atoms with Gasteiger partial charge in [-0.3, -0.25) is 0 Å². The summed E-state index contributed by atoms with van der Waals surface area (Å²) < 4.78 is 16.4. The Morgan fingerprint density at radius 1 is 1.33 bits per heavy atom. The van der Waals surface area contributed by atoms with E-state index in [1.54, 1.807) is 23.4 Å². The molecule has 0 aromatic carbocycles. The Balaban J connectivity index is 2.79. The highest BCUT2D eigenvalue weighted by molar-refractivity contribution is 8.09. The highest BCUT2D eigenvalue weighted by Gasteiger charge is 2.33. The summed E-state index contributed by atoms with van der Waals surface area (Å²) in [4.78, 5) is 0. The molecule has 0 spiro atoms. The van der Waals surface area contributed by atoms with Crippen LogP contribution in [0.5, 0.6) is 0 Å². The Kier molecular flexibility index (Phi) is 1.92. The quantitative estimate of drug-likeness (QED) is 0.499. The molecular formula is C4H10FN2PS. The summed E-state index contributed by atoms with van der Waals surface area (Å²) in [5.41, 5.74) is 0. The lowest BCUT2D eigenvalue weighted by molar-refractivity contribution is 0.553. The fourth-order valence-corrected chi connectivity index (χ4v) is 2.48.